The number of carbonyl (C=O) groups is 1. The third kappa shape index (κ3) is 10.7. The molecular formula is C26H38O4Si. The Bertz CT molecular complexity index is 763. The monoisotopic (exact) mass is 442 g/mol. The summed E-state index contributed by atoms with van der Waals surface area (Å²) in [5, 5.41) is 0. The van der Waals surface area contributed by atoms with Gasteiger partial charge in [0.25, 0.3) is 0 Å². The van der Waals surface area contributed by atoms with Gasteiger partial charge in [-0.15, -0.1) is 0 Å². The van der Waals surface area contributed by atoms with Gasteiger partial charge in [0.05, 0.1) is 12.2 Å². The van der Waals surface area contributed by atoms with Gasteiger partial charge in [-0.2, -0.15) is 0 Å². The number of aryl methyl sites for hydroxylation is 1. The SMILES string of the molecule is CCCCCCc1ccc(OC(=O)c2ccc(OCCC[SiH2]OC(C)(C)C)cc2)cc1. The lowest BCUT2D eigenvalue weighted by Gasteiger charge is -2.19. The topological polar surface area (TPSA) is 44.8 Å². The molecule has 0 saturated carbocycles. The Kier molecular flexibility index (Phi) is 10.8. The van der Waals surface area contributed by atoms with E-state index in [9.17, 15) is 4.79 Å². The highest BCUT2D eigenvalue weighted by Gasteiger charge is 2.10. The Labute approximate surface area is 190 Å². The van der Waals surface area contributed by atoms with Crippen LogP contribution in [0.2, 0.25) is 6.04 Å². The summed E-state index contributed by atoms with van der Waals surface area (Å²) in [6.45, 7) is 9.15. The third-order valence-corrected chi connectivity index (χ3v) is 6.74. The number of unbranched alkanes of at least 4 members (excludes halogenated alkanes) is 3. The molecule has 4 nitrogen and oxygen atoms in total. The first-order valence-corrected chi connectivity index (χ1v) is 13.1. The molecule has 2 aromatic carbocycles. The summed E-state index contributed by atoms with van der Waals surface area (Å²) >= 11 is 0. The van der Waals surface area contributed by atoms with Gasteiger partial charge in [-0.3, -0.25) is 0 Å². The second-order valence-corrected chi connectivity index (χ2v) is 10.3. The van der Waals surface area contributed by atoms with E-state index in [0.29, 0.717) is 17.9 Å². The van der Waals surface area contributed by atoms with Crippen molar-refractivity contribution in [2.45, 2.75) is 77.9 Å². The molecule has 2 rings (SSSR count). The van der Waals surface area contributed by atoms with Crippen molar-refractivity contribution in [3.8, 4) is 11.5 Å². The fourth-order valence-corrected chi connectivity index (χ4v) is 4.27. The van der Waals surface area contributed by atoms with Crippen LogP contribution < -0.4 is 9.47 Å². The molecule has 0 fully saturated rings. The van der Waals surface area contributed by atoms with Gasteiger partial charge in [0.15, 0.2) is 9.76 Å². The van der Waals surface area contributed by atoms with Gasteiger partial charge in [0.2, 0.25) is 0 Å². The van der Waals surface area contributed by atoms with Crippen LogP contribution in [0.3, 0.4) is 0 Å². The maximum absolute atomic E-state index is 12.4. The van der Waals surface area contributed by atoms with E-state index in [1.165, 1.54) is 31.2 Å². The lowest BCUT2D eigenvalue weighted by molar-refractivity contribution is 0.0734. The van der Waals surface area contributed by atoms with Crippen LogP contribution in [-0.2, 0) is 10.8 Å². The molecule has 5 heteroatoms. The van der Waals surface area contributed by atoms with Crippen LogP contribution >= 0.6 is 0 Å². The summed E-state index contributed by atoms with van der Waals surface area (Å²) in [6.07, 6.45) is 7.06. The molecule has 2 aromatic rings. The van der Waals surface area contributed by atoms with Crippen molar-refractivity contribution in [1.29, 1.82) is 0 Å². The van der Waals surface area contributed by atoms with Crippen LogP contribution in [0.1, 0.15) is 75.7 Å². The molecule has 0 heterocycles. The fourth-order valence-electron chi connectivity index (χ4n) is 3.11. The van der Waals surface area contributed by atoms with E-state index in [1.54, 1.807) is 12.1 Å². The van der Waals surface area contributed by atoms with Gasteiger partial charge in [-0.1, -0.05) is 38.3 Å². The second-order valence-electron chi connectivity index (χ2n) is 8.88. The lowest BCUT2D eigenvalue weighted by Crippen LogP contribution is -2.21. The normalized spacial score (nSPS) is 11.7. The molecule has 0 N–H and O–H groups in total. The number of carbonyl (C=O) groups excluding carboxylic acids is 1. The molecule has 0 spiro atoms. The van der Waals surface area contributed by atoms with E-state index in [4.69, 9.17) is 13.9 Å². The van der Waals surface area contributed by atoms with Crippen molar-refractivity contribution in [2.24, 2.45) is 0 Å². The van der Waals surface area contributed by atoms with Crippen molar-refractivity contribution >= 4 is 15.7 Å². The Morgan fingerprint density at radius 2 is 1.55 bits per heavy atom. The van der Waals surface area contributed by atoms with Gasteiger partial charge in [0.1, 0.15) is 11.5 Å². The number of benzene rings is 2. The summed E-state index contributed by atoms with van der Waals surface area (Å²) in [7, 11) is -0.490. The maximum Gasteiger partial charge on any atom is 0.343 e. The van der Waals surface area contributed by atoms with Crippen molar-refractivity contribution in [3.63, 3.8) is 0 Å². The first kappa shape index (κ1) is 25.2. The molecule has 0 bridgehead atoms. The zero-order valence-electron chi connectivity index (χ0n) is 19.6. The predicted octanol–water partition coefficient (Wildman–Crippen LogP) is 6.11. The van der Waals surface area contributed by atoms with E-state index >= 15 is 0 Å². The predicted molar refractivity (Wildman–Crippen MR) is 130 cm³/mol. The van der Waals surface area contributed by atoms with Crippen molar-refractivity contribution in [1.82, 2.24) is 0 Å². The van der Waals surface area contributed by atoms with E-state index in [1.807, 2.05) is 36.4 Å². The highest BCUT2D eigenvalue weighted by Crippen LogP contribution is 2.18. The molecule has 0 unspecified atom stereocenters. The van der Waals surface area contributed by atoms with Crippen LogP contribution in [0.4, 0.5) is 0 Å². The molecule has 0 radical (unpaired) electrons. The lowest BCUT2D eigenvalue weighted by atomic mass is 10.1. The molecule has 170 valence electrons. The Balaban J connectivity index is 1.71. The number of rotatable bonds is 13. The number of esters is 1. The molecule has 31 heavy (non-hydrogen) atoms. The van der Waals surface area contributed by atoms with E-state index in [-0.39, 0.29) is 11.6 Å². The summed E-state index contributed by atoms with van der Waals surface area (Å²) in [6, 6.07) is 16.1. The average Bonchev–Trinajstić information content (AvgIpc) is 2.74. The van der Waals surface area contributed by atoms with Crippen molar-refractivity contribution in [2.75, 3.05) is 6.61 Å². The van der Waals surface area contributed by atoms with Gasteiger partial charge in [-0.05, 0) is 88.0 Å². The van der Waals surface area contributed by atoms with E-state index < -0.39 is 9.76 Å². The summed E-state index contributed by atoms with van der Waals surface area (Å²) in [4.78, 5) is 12.4. The molecule has 0 aromatic heterocycles. The van der Waals surface area contributed by atoms with Gasteiger partial charge >= 0.3 is 5.97 Å². The van der Waals surface area contributed by atoms with Crippen LogP contribution in [-0.4, -0.2) is 27.9 Å². The minimum atomic E-state index is -0.490. The maximum atomic E-state index is 12.4. The van der Waals surface area contributed by atoms with Crippen molar-refractivity contribution in [3.05, 3.63) is 59.7 Å². The van der Waals surface area contributed by atoms with Gasteiger partial charge < -0.3 is 13.9 Å². The molecular weight excluding hydrogens is 404 g/mol. The summed E-state index contributed by atoms with van der Waals surface area (Å²) in [5.41, 5.74) is 1.76. The fraction of sp³-hybridized carbons (Fsp3) is 0.500. The summed E-state index contributed by atoms with van der Waals surface area (Å²) < 4.78 is 17.1. The first-order chi connectivity index (χ1) is 14.9. The van der Waals surface area contributed by atoms with Crippen LogP contribution in [0.25, 0.3) is 0 Å². The van der Waals surface area contributed by atoms with Crippen molar-refractivity contribution < 1.29 is 18.7 Å². The molecule has 0 aliphatic carbocycles. The van der Waals surface area contributed by atoms with E-state index in [2.05, 4.69) is 27.7 Å². The quantitative estimate of drug-likeness (QED) is 0.162. The standard InChI is InChI=1S/C26H38O4Si/c1-5-6-7-8-10-21-11-15-24(16-12-21)29-25(27)22-13-17-23(18-14-22)28-19-9-20-31-30-26(2,3)4/h11-18H,5-10,19-20,31H2,1-4H3. The minimum absolute atomic E-state index is 0.0339. The molecule has 0 aliphatic rings. The number of hydrogen-bond donors (Lipinski definition) is 0. The Hall–Kier alpha value is -2.11. The zero-order chi connectivity index (χ0) is 22.5. The van der Waals surface area contributed by atoms with Crippen LogP contribution in [0.5, 0.6) is 11.5 Å². The highest BCUT2D eigenvalue weighted by atomic mass is 28.2. The van der Waals surface area contributed by atoms with Crippen LogP contribution in [0, 0.1) is 0 Å². The first-order valence-electron chi connectivity index (χ1n) is 11.6. The average molecular weight is 443 g/mol. The third-order valence-electron chi connectivity index (χ3n) is 4.89. The summed E-state index contributed by atoms with van der Waals surface area (Å²) in [5.74, 6) is 0.985. The Morgan fingerprint density at radius 3 is 2.19 bits per heavy atom. The molecule has 0 atom stereocenters. The minimum Gasteiger partial charge on any atom is -0.494 e. The second kappa shape index (κ2) is 13.3. The molecule has 0 amide bonds. The number of ether oxygens (including phenoxy) is 2. The zero-order valence-corrected chi connectivity index (χ0v) is 21.0. The molecule has 0 aliphatic heterocycles. The largest absolute Gasteiger partial charge is 0.494 e. The number of hydrogen-bond acceptors (Lipinski definition) is 4. The molecule has 0 saturated heterocycles. The highest BCUT2D eigenvalue weighted by molar-refractivity contribution is 6.27. The smallest absolute Gasteiger partial charge is 0.343 e. The Morgan fingerprint density at radius 1 is 0.871 bits per heavy atom. The van der Waals surface area contributed by atoms with Gasteiger partial charge in [-0.25, -0.2) is 4.79 Å². The van der Waals surface area contributed by atoms with Gasteiger partial charge in [0, 0.05) is 5.60 Å². The van der Waals surface area contributed by atoms with E-state index in [0.717, 1.165) is 24.6 Å². The van der Waals surface area contributed by atoms with Crippen LogP contribution in [0.15, 0.2) is 48.5 Å².